The monoisotopic (exact) mass is 262 g/mol. The van der Waals surface area contributed by atoms with Crippen molar-refractivity contribution in [1.82, 2.24) is 4.90 Å². The molecule has 0 aromatic heterocycles. The Morgan fingerprint density at radius 2 is 2.05 bits per heavy atom. The van der Waals surface area contributed by atoms with Gasteiger partial charge in [-0.1, -0.05) is 5.92 Å². The number of hydrogen-bond acceptors (Lipinski definition) is 3. The standard InChI is InChI=1S/C13H14N2O4/c1-3-8-15(9-12(16)17)13(18)14-10-4-6-11(19-2)7-5-10/h1,4-7H,8-9H2,2H3,(H,14,18)(H,16,17). The molecule has 100 valence electrons. The predicted molar refractivity (Wildman–Crippen MR) is 70.1 cm³/mol. The number of nitrogens with one attached hydrogen (secondary N) is 1. The van der Waals surface area contributed by atoms with Crippen LogP contribution < -0.4 is 10.1 Å². The second-order valence-electron chi connectivity index (χ2n) is 3.61. The summed E-state index contributed by atoms with van der Waals surface area (Å²) in [5.41, 5.74) is 0.526. The smallest absolute Gasteiger partial charge is 0.323 e. The maximum Gasteiger partial charge on any atom is 0.323 e. The summed E-state index contributed by atoms with van der Waals surface area (Å²) in [5.74, 6) is 1.77. The van der Waals surface area contributed by atoms with Crippen LogP contribution in [0.3, 0.4) is 0 Å². The minimum absolute atomic E-state index is 0.0751. The molecule has 1 rings (SSSR count). The average Bonchev–Trinajstić information content (AvgIpc) is 2.38. The number of carbonyl (C=O) groups is 2. The Balaban J connectivity index is 2.69. The van der Waals surface area contributed by atoms with E-state index < -0.39 is 18.5 Å². The van der Waals surface area contributed by atoms with E-state index in [4.69, 9.17) is 16.3 Å². The quantitative estimate of drug-likeness (QED) is 0.783. The van der Waals surface area contributed by atoms with Gasteiger partial charge in [-0.05, 0) is 24.3 Å². The first-order valence-electron chi connectivity index (χ1n) is 5.42. The molecule has 0 fully saturated rings. The van der Waals surface area contributed by atoms with Crippen LogP contribution in [0.1, 0.15) is 0 Å². The van der Waals surface area contributed by atoms with Crippen molar-refractivity contribution < 1.29 is 19.4 Å². The lowest BCUT2D eigenvalue weighted by molar-refractivity contribution is -0.137. The van der Waals surface area contributed by atoms with E-state index in [1.807, 2.05) is 0 Å². The minimum atomic E-state index is -1.12. The number of rotatable bonds is 5. The molecule has 19 heavy (non-hydrogen) atoms. The lowest BCUT2D eigenvalue weighted by Crippen LogP contribution is -2.39. The number of amides is 2. The number of carboxylic acids is 1. The van der Waals surface area contributed by atoms with Gasteiger partial charge in [-0.3, -0.25) is 4.79 Å². The summed E-state index contributed by atoms with van der Waals surface area (Å²) >= 11 is 0. The molecule has 2 N–H and O–H groups in total. The number of anilines is 1. The molecule has 0 radical (unpaired) electrons. The molecule has 0 aliphatic heterocycles. The zero-order chi connectivity index (χ0) is 14.3. The van der Waals surface area contributed by atoms with E-state index in [0.717, 1.165) is 4.90 Å². The first-order valence-corrected chi connectivity index (χ1v) is 5.42. The molecule has 0 saturated carbocycles. The molecule has 0 saturated heterocycles. The van der Waals surface area contributed by atoms with Gasteiger partial charge in [0.05, 0.1) is 13.7 Å². The van der Waals surface area contributed by atoms with Gasteiger partial charge in [0.2, 0.25) is 0 Å². The molecule has 0 atom stereocenters. The normalized spacial score (nSPS) is 9.26. The van der Waals surface area contributed by atoms with Gasteiger partial charge < -0.3 is 20.1 Å². The molecular weight excluding hydrogens is 248 g/mol. The van der Waals surface area contributed by atoms with Crippen molar-refractivity contribution >= 4 is 17.7 Å². The number of nitrogens with zero attached hydrogens (tertiary/aromatic N) is 1. The first kappa shape index (κ1) is 14.4. The van der Waals surface area contributed by atoms with Crippen LogP contribution in [0.5, 0.6) is 5.75 Å². The van der Waals surface area contributed by atoms with E-state index in [-0.39, 0.29) is 6.54 Å². The minimum Gasteiger partial charge on any atom is -0.497 e. The van der Waals surface area contributed by atoms with Crippen molar-refractivity contribution in [2.75, 3.05) is 25.5 Å². The zero-order valence-electron chi connectivity index (χ0n) is 10.4. The van der Waals surface area contributed by atoms with Crippen LogP contribution in [0.25, 0.3) is 0 Å². The SMILES string of the molecule is C#CCN(CC(=O)O)C(=O)Nc1ccc(OC)cc1. The largest absolute Gasteiger partial charge is 0.497 e. The highest BCUT2D eigenvalue weighted by Crippen LogP contribution is 2.15. The van der Waals surface area contributed by atoms with Crippen LogP contribution >= 0.6 is 0 Å². The number of methoxy groups -OCH3 is 1. The topological polar surface area (TPSA) is 78.9 Å². The summed E-state index contributed by atoms with van der Waals surface area (Å²) in [4.78, 5) is 23.5. The van der Waals surface area contributed by atoms with Crippen molar-refractivity contribution in [3.05, 3.63) is 24.3 Å². The molecule has 2 amide bonds. The molecule has 0 unspecified atom stereocenters. The molecule has 0 aliphatic rings. The molecule has 0 aliphatic carbocycles. The van der Waals surface area contributed by atoms with Crippen LogP contribution in [-0.2, 0) is 4.79 Å². The molecule has 1 aromatic rings. The maximum atomic E-state index is 11.8. The van der Waals surface area contributed by atoms with Crippen molar-refractivity contribution in [2.45, 2.75) is 0 Å². The Hall–Kier alpha value is -2.68. The third-order valence-corrected chi connectivity index (χ3v) is 2.24. The van der Waals surface area contributed by atoms with Crippen molar-refractivity contribution in [2.24, 2.45) is 0 Å². The van der Waals surface area contributed by atoms with E-state index in [1.165, 1.54) is 7.11 Å². The van der Waals surface area contributed by atoms with Crippen LogP contribution in [0.2, 0.25) is 0 Å². The number of urea groups is 1. The van der Waals surface area contributed by atoms with Gasteiger partial charge in [-0.15, -0.1) is 6.42 Å². The van der Waals surface area contributed by atoms with E-state index in [2.05, 4.69) is 11.2 Å². The summed E-state index contributed by atoms with van der Waals surface area (Å²) in [6.07, 6.45) is 5.09. The Kier molecular flexibility index (Phi) is 5.23. The Morgan fingerprint density at radius 3 is 2.53 bits per heavy atom. The van der Waals surface area contributed by atoms with Crippen LogP contribution in [0.4, 0.5) is 10.5 Å². The van der Waals surface area contributed by atoms with E-state index >= 15 is 0 Å². The summed E-state index contributed by atoms with van der Waals surface area (Å²) in [7, 11) is 1.54. The molecule has 1 aromatic carbocycles. The number of carbonyl (C=O) groups excluding carboxylic acids is 1. The number of hydrogen-bond donors (Lipinski definition) is 2. The van der Waals surface area contributed by atoms with Crippen molar-refractivity contribution in [3.63, 3.8) is 0 Å². The van der Waals surface area contributed by atoms with E-state index in [0.29, 0.717) is 11.4 Å². The molecular formula is C13H14N2O4. The highest BCUT2D eigenvalue weighted by molar-refractivity contribution is 5.91. The number of carboxylic acid groups (broad SMARTS) is 1. The molecule has 6 heteroatoms. The highest BCUT2D eigenvalue weighted by Gasteiger charge is 2.15. The number of ether oxygens (including phenoxy) is 1. The fraction of sp³-hybridized carbons (Fsp3) is 0.231. The fourth-order valence-corrected chi connectivity index (χ4v) is 1.35. The van der Waals surface area contributed by atoms with Crippen LogP contribution in [0, 0.1) is 12.3 Å². The van der Waals surface area contributed by atoms with E-state index in [1.54, 1.807) is 24.3 Å². The van der Waals surface area contributed by atoms with E-state index in [9.17, 15) is 9.59 Å². The van der Waals surface area contributed by atoms with Gasteiger partial charge in [0.1, 0.15) is 12.3 Å². The molecule has 0 spiro atoms. The van der Waals surface area contributed by atoms with Gasteiger partial charge in [0.25, 0.3) is 0 Å². The van der Waals surface area contributed by atoms with Gasteiger partial charge >= 0.3 is 12.0 Å². The van der Waals surface area contributed by atoms with Crippen molar-refractivity contribution in [1.29, 1.82) is 0 Å². The lowest BCUT2D eigenvalue weighted by atomic mass is 10.3. The average molecular weight is 262 g/mol. The van der Waals surface area contributed by atoms with Gasteiger partial charge in [0, 0.05) is 5.69 Å². The summed E-state index contributed by atoms with van der Waals surface area (Å²) in [6.45, 7) is -0.527. The predicted octanol–water partition coefficient (Wildman–Crippen LogP) is 1.25. The van der Waals surface area contributed by atoms with Crippen LogP contribution in [-0.4, -0.2) is 42.2 Å². The third kappa shape index (κ3) is 4.60. The van der Waals surface area contributed by atoms with Crippen molar-refractivity contribution in [3.8, 4) is 18.1 Å². The number of terminal acetylenes is 1. The second-order valence-corrected chi connectivity index (χ2v) is 3.61. The summed E-state index contributed by atoms with van der Waals surface area (Å²) in [5, 5.41) is 11.2. The molecule has 6 nitrogen and oxygen atoms in total. The Bertz CT molecular complexity index is 490. The second kappa shape index (κ2) is 6.91. The van der Waals surface area contributed by atoms with Crippen LogP contribution in [0.15, 0.2) is 24.3 Å². The van der Waals surface area contributed by atoms with Gasteiger partial charge in [-0.2, -0.15) is 0 Å². The summed E-state index contributed by atoms with van der Waals surface area (Å²) in [6, 6.07) is 6.08. The van der Waals surface area contributed by atoms with Gasteiger partial charge in [0.15, 0.2) is 0 Å². The number of benzene rings is 1. The highest BCUT2D eigenvalue weighted by atomic mass is 16.5. The summed E-state index contributed by atoms with van der Waals surface area (Å²) < 4.78 is 4.99. The maximum absolute atomic E-state index is 11.8. The van der Waals surface area contributed by atoms with Gasteiger partial charge in [-0.25, -0.2) is 4.79 Å². The fourth-order valence-electron chi connectivity index (χ4n) is 1.35. The molecule has 0 heterocycles. The zero-order valence-corrected chi connectivity index (χ0v) is 10.4. The Labute approximate surface area is 111 Å². The lowest BCUT2D eigenvalue weighted by Gasteiger charge is -2.18. The molecule has 0 bridgehead atoms. The first-order chi connectivity index (χ1) is 9.06. The number of aliphatic carboxylic acids is 1. The Morgan fingerprint density at radius 1 is 1.42 bits per heavy atom. The third-order valence-electron chi connectivity index (χ3n) is 2.24.